The van der Waals surface area contributed by atoms with Crippen LogP contribution < -0.4 is 5.32 Å². The number of aliphatic hydroxyl groups excluding tert-OH is 1. The number of aliphatic hydroxyl groups is 1. The summed E-state index contributed by atoms with van der Waals surface area (Å²) in [5.74, 6) is -0.184. The number of phosphoric acid groups is 1. The molecule has 0 spiro atoms. The number of hydrogen-bond acceptors (Lipinski definition) is 4. The Balaban J connectivity index is 3.59. The molecule has 402 valence electrons. The Kier molecular flexibility index (Phi) is 54.5. The van der Waals surface area contributed by atoms with Crippen molar-refractivity contribution < 1.29 is 28.8 Å². The zero-order chi connectivity index (χ0) is 48.8. The summed E-state index contributed by atoms with van der Waals surface area (Å²) < 4.78 is 16.1. The van der Waals surface area contributed by atoms with Gasteiger partial charge in [0.2, 0.25) is 5.91 Å². The van der Waals surface area contributed by atoms with Gasteiger partial charge < -0.3 is 20.2 Å². The summed E-state index contributed by atoms with van der Waals surface area (Å²) in [4.78, 5) is 31.2. The smallest absolute Gasteiger partial charge is 0.391 e. The molecule has 0 fully saturated rings. The largest absolute Gasteiger partial charge is 0.469 e. The Morgan fingerprint density at radius 1 is 0.373 bits per heavy atom. The van der Waals surface area contributed by atoms with Gasteiger partial charge in [0, 0.05) is 6.42 Å². The van der Waals surface area contributed by atoms with E-state index in [2.05, 4.69) is 19.2 Å². The maximum Gasteiger partial charge on any atom is 0.469 e. The molecule has 0 saturated carbocycles. The Bertz CT molecular complexity index is 1010. The molecule has 7 nitrogen and oxygen atoms in total. The molecular formula is C59H120NO6P. The highest BCUT2D eigenvalue weighted by Gasteiger charge is 2.25. The van der Waals surface area contributed by atoms with Crippen molar-refractivity contribution in [3.63, 3.8) is 0 Å². The molecule has 0 heterocycles. The van der Waals surface area contributed by atoms with Crippen molar-refractivity contribution in [2.75, 3.05) is 6.61 Å². The molecule has 8 heteroatoms. The van der Waals surface area contributed by atoms with E-state index in [-0.39, 0.29) is 5.91 Å². The van der Waals surface area contributed by atoms with Crippen molar-refractivity contribution in [1.29, 1.82) is 0 Å². The molecular weight excluding hydrogens is 850 g/mol. The Hall–Kier alpha value is -0.460. The fourth-order valence-electron chi connectivity index (χ4n) is 10.0. The standard InChI is InChI=1S/C59H120NO6P/c1-3-5-7-9-11-13-15-17-19-21-22-23-24-25-26-27-28-29-30-31-32-33-34-35-36-37-38-39-41-43-45-47-49-51-53-55-59(62)60-57(56-66-67(63,64)65)58(61)54-52-50-48-46-44-42-40-20-18-16-14-12-10-8-6-4-2/h57-58,61H,3-56H2,1-2H3,(H,60,62)(H2,63,64,65)/t57-,58+/m0/s1. The molecule has 0 aliphatic carbocycles. The summed E-state index contributed by atoms with van der Waals surface area (Å²) in [5, 5.41) is 13.6. The maximum absolute atomic E-state index is 12.7. The average Bonchev–Trinajstić information content (AvgIpc) is 3.31. The first-order valence-electron chi connectivity index (χ1n) is 30.5. The minimum atomic E-state index is -4.70. The maximum atomic E-state index is 12.7. The molecule has 67 heavy (non-hydrogen) atoms. The second-order valence-electron chi connectivity index (χ2n) is 21.4. The SMILES string of the molecule is CCCCCCCCCCCCCCCCCCCCCCCCCCCCCCCCCCCCCC(=O)N[C@@H](COP(=O)(O)O)[C@H](O)CCCCCCCCCCCCCCCCCC. The van der Waals surface area contributed by atoms with Crippen LogP contribution in [0.5, 0.6) is 0 Å². The fourth-order valence-corrected chi connectivity index (χ4v) is 10.4. The van der Waals surface area contributed by atoms with Gasteiger partial charge in [-0.3, -0.25) is 9.32 Å². The highest BCUT2D eigenvalue weighted by molar-refractivity contribution is 7.46. The van der Waals surface area contributed by atoms with Crippen molar-refractivity contribution in [3.05, 3.63) is 0 Å². The van der Waals surface area contributed by atoms with E-state index in [0.29, 0.717) is 12.8 Å². The van der Waals surface area contributed by atoms with Crippen LogP contribution in [-0.4, -0.2) is 39.6 Å². The van der Waals surface area contributed by atoms with Crippen molar-refractivity contribution in [2.45, 2.75) is 366 Å². The molecule has 4 N–H and O–H groups in total. The molecule has 0 rings (SSSR count). The van der Waals surface area contributed by atoms with E-state index in [4.69, 9.17) is 4.52 Å². The lowest BCUT2D eigenvalue weighted by atomic mass is 10.0. The lowest BCUT2D eigenvalue weighted by molar-refractivity contribution is -0.123. The zero-order valence-corrected chi connectivity index (χ0v) is 46.2. The van der Waals surface area contributed by atoms with Gasteiger partial charge in [-0.2, -0.15) is 0 Å². The molecule has 0 aromatic carbocycles. The Morgan fingerprint density at radius 3 is 0.806 bits per heavy atom. The molecule has 0 aliphatic heterocycles. The van der Waals surface area contributed by atoms with Crippen LogP contribution in [0.4, 0.5) is 0 Å². The molecule has 2 atom stereocenters. The first-order valence-corrected chi connectivity index (χ1v) is 32.0. The lowest BCUT2D eigenvalue weighted by Crippen LogP contribution is -2.46. The molecule has 0 aromatic heterocycles. The van der Waals surface area contributed by atoms with Crippen LogP contribution in [0.2, 0.25) is 0 Å². The van der Waals surface area contributed by atoms with Crippen LogP contribution >= 0.6 is 7.82 Å². The molecule has 0 bridgehead atoms. The number of carbonyl (C=O) groups excluding carboxylic acids is 1. The number of phosphoric ester groups is 1. The van der Waals surface area contributed by atoms with E-state index in [1.54, 1.807) is 0 Å². The summed E-state index contributed by atoms with van der Waals surface area (Å²) in [6.07, 6.45) is 68.8. The quantitative estimate of drug-likeness (QED) is 0.0356. The normalized spacial score (nSPS) is 12.9. The first-order chi connectivity index (χ1) is 32.8. The van der Waals surface area contributed by atoms with E-state index in [1.165, 1.54) is 289 Å². The highest BCUT2D eigenvalue weighted by Crippen LogP contribution is 2.36. The van der Waals surface area contributed by atoms with Crippen LogP contribution in [0.3, 0.4) is 0 Å². The summed E-state index contributed by atoms with van der Waals surface area (Å²) in [6.45, 7) is 4.18. The van der Waals surface area contributed by atoms with Gasteiger partial charge in [-0.1, -0.05) is 335 Å². The topological polar surface area (TPSA) is 116 Å². The van der Waals surface area contributed by atoms with Gasteiger partial charge in [0.1, 0.15) is 0 Å². The molecule has 1 amide bonds. The second-order valence-corrected chi connectivity index (χ2v) is 22.6. The molecule has 0 radical (unpaired) electrons. The number of carbonyl (C=O) groups is 1. The Morgan fingerprint density at radius 2 is 0.582 bits per heavy atom. The predicted molar refractivity (Wildman–Crippen MR) is 292 cm³/mol. The molecule has 0 aliphatic rings. The molecule has 0 aromatic rings. The van der Waals surface area contributed by atoms with E-state index in [1.807, 2.05) is 0 Å². The van der Waals surface area contributed by atoms with Gasteiger partial charge in [-0.15, -0.1) is 0 Å². The van der Waals surface area contributed by atoms with E-state index in [9.17, 15) is 24.3 Å². The van der Waals surface area contributed by atoms with Gasteiger partial charge in [0.15, 0.2) is 0 Å². The molecule has 0 unspecified atom stereocenters. The lowest BCUT2D eigenvalue weighted by Gasteiger charge is -2.24. The van der Waals surface area contributed by atoms with E-state index < -0.39 is 26.6 Å². The summed E-state index contributed by atoms with van der Waals surface area (Å²) in [7, 11) is -4.70. The van der Waals surface area contributed by atoms with Crippen LogP contribution in [0.25, 0.3) is 0 Å². The highest BCUT2D eigenvalue weighted by atomic mass is 31.2. The fraction of sp³-hybridized carbons (Fsp3) is 0.983. The summed E-state index contributed by atoms with van der Waals surface area (Å²) >= 11 is 0. The number of unbranched alkanes of at least 4 members (excludes halogenated alkanes) is 49. The third-order valence-electron chi connectivity index (χ3n) is 14.6. The summed E-state index contributed by atoms with van der Waals surface area (Å²) in [5.41, 5.74) is 0. The van der Waals surface area contributed by atoms with Crippen LogP contribution in [-0.2, 0) is 13.9 Å². The van der Waals surface area contributed by atoms with Crippen LogP contribution in [0.1, 0.15) is 354 Å². The van der Waals surface area contributed by atoms with Gasteiger partial charge in [-0.25, -0.2) is 4.57 Å². The van der Waals surface area contributed by atoms with Crippen molar-refractivity contribution >= 4 is 13.7 Å². The van der Waals surface area contributed by atoms with Crippen LogP contribution in [0, 0.1) is 0 Å². The number of rotatable bonds is 58. The average molecular weight is 971 g/mol. The minimum Gasteiger partial charge on any atom is -0.391 e. The molecule has 0 saturated heterocycles. The summed E-state index contributed by atoms with van der Waals surface area (Å²) in [6, 6.07) is -0.820. The number of hydrogen-bond donors (Lipinski definition) is 4. The van der Waals surface area contributed by atoms with Gasteiger partial charge in [0.05, 0.1) is 18.8 Å². The van der Waals surface area contributed by atoms with Gasteiger partial charge in [0.25, 0.3) is 0 Å². The monoisotopic (exact) mass is 970 g/mol. The third kappa shape index (κ3) is 56.3. The Labute approximate surface area is 419 Å². The van der Waals surface area contributed by atoms with E-state index >= 15 is 0 Å². The minimum absolute atomic E-state index is 0.184. The van der Waals surface area contributed by atoms with Crippen molar-refractivity contribution in [3.8, 4) is 0 Å². The van der Waals surface area contributed by atoms with E-state index in [0.717, 1.165) is 38.5 Å². The van der Waals surface area contributed by atoms with Crippen molar-refractivity contribution in [2.24, 2.45) is 0 Å². The third-order valence-corrected chi connectivity index (χ3v) is 15.1. The predicted octanol–water partition coefficient (Wildman–Crippen LogP) is 19.7. The van der Waals surface area contributed by atoms with Crippen LogP contribution in [0.15, 0.2) is 0 Å². The van der Waals surface area contributed by atoms with Crippen molar-refractivity contribution in [1.82, 2.24) is 5.32 Å². The van der Waals surface area contributed by atoms with Gasteiger partial charge >= 0.3 is 7.82 Å². The van der Waals surface area contributed by atoms with Gasteiger partial charge in [-0.05, 0) is 12.8 Å². The second kappa shape index (κ2) is 54.9. The number of nitrogens with one attached hydrogen (secondary N) is 1. The number of amides is 1. The zero-order valence-electron chi connectivity index (χ0n) is 45.4. The first kappa shape index (κ1) is 66.5.